The third-order valence-electron chi connectivity index (χ3n) is 2.82. The van der Waals surface area contributed by atoms with Crippen molar-refractivity contribution in [2.75, 3.05) is 26.2 Å². The van der Waals surface area contributed by atoms with Crippen LogP contribution >= 0.6 is 0 Å². The maximum absolute atomic E-state index is 12.3. The maximum atomic E-state index is 12.3. The Balaban J connectivity index is 2.85. The average Bonchev–Trinajstić information content (AvgIpc) is 2.68. The first-order valence-electron chi connectivity index (χ1n) is 5.79. The molecule has 116 valence electrons. The standard InChI is InChI=1S/C10H15F3N2O5/c11-10(12,13)5-14(1-2-16)9(20)15-4-6(17)3-7(15)8(18)19/h6-7,16-17H,1-5H2,(H,18,19)/t6?,7-/m0/s1. The maximum Gasteiger partial charge on any atom is 0.406 e. The van der Waals surface area contributed by atoms with Gasteiger partial charge in [0.05, 0.1) is 12.7 Å². The van der Waals surface area contributed by atoms with Crippen LogP contribution in [0.25, 0.3) is 0 Å². The van der Waals surface area contributed by atoms with Gasteiger partial charge in [0.15, 0.2) is 0 Å². The molecule has 0 aromatic carbocycles. The second kappa shape index (κ2) is 6.27. The number of likely N-dealkylation sites (tertiary alicyclic amines) is 1. The van der Waals surface area contributed by atoms with E-state index in [-0.39, 0.29) is 13.0 Å². The van der Waals surface area contributed by atoms with Gasteiger partial charge in [-0.1, -0.05) is 0 Å². The summed E-state index contributed by atoms with van der Waals surface area (Å²) >= 11 is 0. The van der Waals surface area contributed by atoms with Gasteiger partial charge in [0, 0.05) is 19.5 Å². The summed E-state index contributed by atoms with van der Waals surface area (Å²) in [5.74, 6) is -1.40. The van der Waals surface area contributed by atoms with Crippen molar-refractivity contribution in [3.8, 4) is 0 Å². The van der Waals surface area contributed by atoms with E-state index < -0.39 is 50.0 Å². The van der Waals surface area contributed by atoms with E-state index >= 15 is 0 Å². The Kier molecular flexibility index (Phi) is 5.17. The lowest BCUT2D eigenvalue weighted by Crippen LogP contribution is -2.51. The number of halogens is 3. The van der Waals surface area contributed by atoms with E-state index in [2.05, 4.69) is 0 Å². The van der Waals surface area contributed by atoms with E-state index in [1.165, 1.54) is 0 Å². The summed E-state index contributed by atoms with van der Waals surface area (Å²) in [7, 11) is 0. The number of urea groups is 1. The van der Waals surface area contributed by atoms with Crippen molar-refractivity contribution in [2.45, 2.75) is 24.7 Å². The highest BCUT2D eigenvalue weighted by molar-refractivity contribution is 5.83. The fourth-order valence-electron chi connectivity index (χ4n) is 2.02. The summed E-state index contributed by atoms with van der Waals surface area (Å²) < 4.78 is 37.0. The normalized spacial score (nSPS) is 22.9. The van der Waals surface area contributed by atoms with Crippen molar-refractivity contribution in [3.05, 3.63) is 0 Å². The number of aliphatic hydroxyl groups is 2. The fraction of sp³-hybridized carbons (Fsp3) is 0.800. The third-order valence-corrected chi connectivity index (χ3v) is 2.82. The number of alkyl halides is 3. The van der Waals surface area contributed by atoms with E-state index in [0.717, 1.165) is 0 Å². The lowest BCUT2D eigenvalue weighted by atomic mass is 10.2. The molecular formula is C10H15F3N2O5. The Hall–Kier alpha value is -1.55. The number of carboxylic acids is 1. The van der Waals surface area contributed by atoms with Crippen molar-refractivity contribution in [1.82, 2.24) is 9.80 Å². The van der Waals surface area contributed by atoms with Crippen molar-refractivity contribution in [1.29, 1.82) is 0 Å². The summed E-state index contributed by atoms with van der Waals surface area (Å²) in [6.45, 7) is -3.20. The molecule has 2 amide bonds. The number of aliphatic carboxylic acids is 1. The summed E-state index contributed by atoms with van der Waals surface area (Å²) in [6.07, 6.45) is -6.00. The highest BCUT2D eigenvalue weighted by Gasteiger charge is 2.42. The Morgan fingerprint density at radius 2 is 1.95 bits per heavy atom. The molecule has 3 N–H and O–H groups in total. The van der Waals surface area contributed by atoms with Gasteiger partial charge in [0.25, 0.3) is 0 Å². The van der Waals surface area contributed by atoms with E-state index in [1.54, 1.807) is 0 Å². The molecule has 1 fully saturated rings. The van der Waals surface area contributed by atoms with Gasteiger partial charge in [-0.25, -0.2) is 9.59 Å². The number of nitrogens with zero attached hydrogens (tertiary/aromatic N) is 2. The predicted molar refractivity (Wildman–Crippen MR) is 58.9 cm³/mol. The fourth-order valence-corrected chi connectivity index (χ4v) is 2.02. The van der Waals surface area contributed by atoms with Gasteiger partial charge in [-0.05, 0) is 0 Å². The number of hydrogen-bond acceptors (Lipinski definition) is 4. The van der Waals surface area contributed by atoms with Gasteiger partial charge in [-0.3, -0.25) is 0 Å². The molecule has 2 atom stereocenters. The number of carbonyl (C=O) groups excluding carboxylic acids is 1. The Morgan fingerprint density at radius 1 is 1.35 bits per heavy atom. The zero-order valence-corrected chi connectivity index (χ0v) is 10.4. The monoisotopic (exact) mass is 300 g/mol. The summed E-state index contributed by atoms with van der Waals surface area (Å²) in [4.78, 5) is 23.9. The summed E-state index contributed by atoms with van der Waals surface area (Å²) in [6, 6.07) is -2.53. The first-order chi connectivity index (χ1) is 9.15. The molecule has 1 heterocycles. The quantitative estimate of drug-likeness (QED) is 0.649. The molecule has 0 aromatic rings. The molecule has 1 unspecified atom stereocenters. The van der Waals surface area contributed by atoms with Crippen molar-refractivity contribution in [3.63, 3.8) is 0 Å². The number of amides is 2. The second-order valence-electron chi connectivity index (χ2n) is 4.44. The molecule has 0 aromatic heterocycles. The molecule has 20 heavy (non-hydrogen) atoms. The molecule has 1 aliphatic heterocycles. The van der Waals surface area contributed by atoms with Crippen LogP contribution in [0.5, 0.6) is 0 Å². The minimum absolute atomic E-state index is 0.236. The summed E-state index contributed by atoms with van der Waals surface area (Å²) in [5, 5.41) is 27.0. The SMILES string of the molecule is O=C(O)[C@@H]1CC(O)CN1C(=O)N(CCO)CC(F)(F)F. The Bertz CT molecular complexity index is 376. The van der Waals surface area contributed by atoms with Crippen LogP contribution in [0, 0.1) is 0 Å². The molecule has 0 bridgehead atoms. The van der Waals surface area contributed by atoms with Gasteiger partial charge in [0.2, 0.25) is 0 Å². The molecule has 0 radical (unpaired) electrons. The van der Waals surface area contributed by atoms with Crippen LogP contribution in [0.1, 0.15) is 6.42 Å². The van der Waals surface area contributed by atoms with E-state index in [9.17, 15) is 27.9 Å². The van der Waals surface area contributed by atoms with Crippen LogP contribution in [0.2, 0.25) is 0 Å². The lowest BCUT2D eigenvalue weighted by Gasteiger charge is -2.30. The third kappa shape index (κ3) is 4.23. The predicted octanol–water partition coefficient (Wildman–Crippen LogP) is -0.517. The smallest absolute Gasteiger partial charge is 0.406 e. The molecular weight excluding hydrogens is 285 g/mol. The summed E-state index contributed by atoms with van der Waals surface area (Å²) in [5.41, 5.74) is 0. The average molecular weight is 300 g/mol. The van der Waals surface area contributed by atoms with Gasteiger partial charge < -0.3 is 25.1 Å². The van der Waals surface area contributed by atoms with E-state index in [0.29, 0.717) is 9.80 Å². The molecule has 10 heteroatoms. The van der Waals surface area contributed by atoms with Gasteiger partial charge in [0.1, 0.15) is 12.6 Å². The van der Waals surface area contributed by atoms with Crippen LogP contribution in [0.15, 0.2) is 0 Å². The number of carboxylic acid groups (broad SMARTS) is 1. The van der Waals surface area contributed by atoms with E-state index in [1.807, 2.05) is 0 Å². The molecule has 0 spiro atoms. The number of rotatable bonds is 4. The Labute approximate surface area is 112 Å². The van der Waals surface area contributed by atoms with Crippen LogP contribution in [-0.4, -0.2) is 81.7 Å². The molecule has 1 rings (SSSR count). The molecule has 0 aliphatic carbocycles. The number of β-amino-alcohol motifs (C(OH)–C–C–N with tert-alkyl or cyclic N) is 1. The van der Waals surface area contributed by atoms with Crippen LogP contribution in [-0.2, 0) is 4.79 Å². The zero-order valence-electron chi connectivity index (χ0n) is 10.4. The van der Waals surface area contributed by atoms with E-state index in [4.69, 9.17) is 10.2 Å². The van der Waals surface area contributed by atoms with Gasteiger partial charge in [-0.2, -0.15) is 13.2 Å². The van der Waals surface area contributed by atoms with Crippen LogP contribution < -0.4 is 0 Å². The minimum atomic E-state index is -4.66. The van der Waals surface area contributed by atoms with Gasteiger partial charge in [-0.15, -0.1) is 0 Å². The molecule has 0 saturated carbocycles. The highest BCUT2D eigenvalue weighted by atomic mass is 19.4. The van der Waals surface area contributed by atoms with Gasteiger partial charge >= 0.3 is 18.2 Å². The number of aliphatic hydroxyl groups excluding tert-OH is 2. The molecule has 7 nitrogen and oxygen atoms in total. The van der Waals surface area contributed by atoms with Crippen LogP contribution in [0.4, 0.5) is 18.0 Å². The first kappa shape index (κ1) is 16.5. The number of carbonyl (C=O) groups is 2. The van der Waals surface area contributed by atoms with Crippen molar-refractivity contribution >= 4 is 12.0 Å². The molecule has 1 saturated heterocycles. The molecule has 1 aliphatic rings. The Morgan fingerprint density at radius 3 is 2.40 bits per heavy atom. The first-order valence-corrected chi connectivity index (χ1v) is 5.79. The largest absolute Gasteiger partial charge is 0.480 e. The topological polar surface area (TPSA) is 101 Å². The second-order valence-corrected chi connectivity index (χ2v) is 4.44. The van der Waals surface area contributed by atoms with Crippen LogP contribution in [0.3, 0.4) is 0 Å². The minimum Gasteiger partial charge on any atom is -0.480 e. The lowest BCUT2D eigenvalue weighted by molar-refractivity contribution is -0.144. The van der Waals surface area contributed by atoms with Crippen molar-refractivity contribution < 1.29 is 38.1 Å². The van der Waals surface area contributed by atoms with Crippen molar-refractivity contribution in [2.24, 2.45) is 0 Å². The number of hydrogen-bond donors (Lipinski definition) is 3. The zero-order chi connectivity index (χ0) is 15.5. The highest BCUT2D eigenvalue weighted by Crippen LogP contribution is 2.22.